The molecule has 0 heterocycles. The summed E-state index contributed by atoms with van der Waals surface area (Å²) >= 11 is 0. The Kier molecular flexibility index (Phi) is 10.6. The minimum absolute atomic E-state index is 0.770. The third-order valence-electron chi connectivity index (χ3n) is 3.80. The highest BCUT2D eigenvalue weighted by atomic mass is 16.5. The molecule has 0 saturated carbocycles. The lowest BCUT2D eigenvalue weighted by Gasteiger charge is -2.15. The fraction of sp³-hybridized carbons (Fsp3) is 0.684. The molecule has 1 rings (SSSR count). The highest BCUT2D eigenvalue weighted by molar-refractivity contribution is 5.46. The summed E-state index contributed by atoms with van der Waals surface area (Å²) in [5.41, 5.74) is 1.18. The quantitative estimate of drug-likeness (QED) is 0.524. The van der Waals surface area contributed by atoms with Gasteiger partial charge in [0.2, 0.25) is 0 Å². The van der Waals surface area contributed by atoms with E-state index in [4.69, 9.17) is 9.47 Å². The summed E-state index contributed by atoms with van der Waals surface area (Å²) in [4.78, 5) is 0. The second kappa shape index (κ2) is 12.3. The van der Waals surface area contributed by atoms with Gasteiger partial charge in [0.15, 0.2) is 11.5 Å². The van der Waals surface area contributed by atoms with Gasteiger partial charge in [0.25, 0.3) is 0 Å². The first-order chi connectivity index (χ1) is 10.8. The molecule has 0 saturated heterocycles. The second-order valence-corrected chi connectivity index (χ2v) is 5.74. The van der Waals surface area contributed by atoms with Gasteiger partial charge in [0.1, 0.15) is 0 Å². The van der Waals surface area contributed by atoms with Crippen molar-refractivity contribution in [1.82, 2.24) is 5.32 Å². The largest absolute Gasteiger partial charge is 0.493 e. The molecule has 126 valence electrons. The van der Waals surface area contributed by atoms with Crippen LogP contribution in [-0.4, -0.2) is 20.3 Å². The number of unbranched alkanes of at least 4 members (excludes halogenated alkanes) is 5. The van der Waals surface area contributed by atoms with E-state index in [1.807, 2.05) is 12.1 Å². The number of ether oxygens (including phenoxy) is 2. The third kappa shape index (κ3) is 7.17. The lowest BCUT2D eigenvalue weighted by molar-refractivity contribution is 0.281. The van der Waals surface area contributed by atoms with E-state index in [1.165, 1.54) is 44.1 Å². The van der Waals surface area contributed by atoms with Crippen LogP contribution in [0.4, 0.5) is 0 Å². The lowest BCUT2D eigenvalue weighted by atomic mass is 10.1. The minimum atomic E-state index is 0.770. The highest BCUT2D eigenvalue weighted by Gasteiger charge is 2.10. The van der Waals surface area contributed by atoms with Gasteiger partial charge < -0.3 is 14.8 Å². The van der Waals surface area contributed by atoms with Gasteiger partial charge >= 0.3 is 0 Å². The van der Waals surface area contributed by atoms with Crippen LogP contribution in [0.2, 0.25) is 0 Å². The van der Waals surface area contributed by atoms with Crippen LogP contribution in [0.25, 0.3) is 0 Å². The summed E-state index contributed by atoms with van der Waals surface area (Å²) in [6, 6.07) is 6.12. The normalized spacial score (nSPS) is 10.7. The Morgan fingerprint density at radius 2 is 1.73 bits per heavy atom. The van der Waals surface area contributed by atoms with E-state index in [9.17, 15) is 0 Å². The molecule has 0 aliphatic heterocycles. The zero-order valence-electron chi connectivity index (χ0n) is 14.6. The standard InChI is InChI=1S/C19H33NO2/c1-4-6-8-9-10-15-22-19-17(16-20-14-7-5-2)12-11-13-18(19)21-3/h11-13,20H,4-10,14-16H2,1-3H3. The molecule has 1 aromatic rings. The number of methoxy groups -OCH3 is 1. The zero-order chi connectivity index (χ0) is 16.0. The van der Waals surface area contributed by atoms with Crippen LogP contribution in [0, 0.1) is 0 Å². The molecule has 0 radical (unpaired) electrons. The highest BCUT2D eigenvalue weighted by Crippen LogP contribution is 2.31. The smallest absolute Gasteiger partial charge is 0.165 e. The van der Waals surface area contributed by atoms with E-state index >= 15 is 0 Å². The Morgan fingerprint density at radius 3 is 2.45 bits per heavy atom. The van der Waals surface area contributed by atoms with E-state index in [-0.39, 0.29) is 0 Å². The Morgan fingerprint density at radius 1 is 0.955 bits per heavy atom. The SMILES string of the molecule is CCCCCCCOc1c(CNCCCC)cccc1OC. The molecule has 0 bridgehead atoms. The van der Waals surface area contributed by atoms with Crippen molar-refractivity contribution in [2.75, 3.05) is 20.3 Å². The van der Waals surface area contributed by atoms with Gasteiger partial charge in [-0.05, 0) is 25.5 Å². The van der Waals surface area contributed by atoms with Gasteiger partial charge in [-0.25, -0.2) is 0 Å². The summed E-state index contributed by atoms with van der Waals surface area (Å²) in [6.45, 7) is 7.10. The van der Waals surface area contributed by atoms with Crippen molar-refractivity contribution in [3.63, 3.8) is 0 Å². The predicted molar refractivity (Wildman–Crippen MR) is 93.9 cm³/mol. The Labute approximate surface area is 136 Å². The van der Waals surface area contributed by atoms with E-state index in [2.05, 4.69) is 25.2 Å². The van der Waals surface area contributed by atoms with E-state index in [0.29, 0.717) is 0 Å². The lowest BCUT2D eigenvalue weighted by Crippen LogP contribution is -2.15. The molecule has 3 nitrogen and oxygen atoms in total. The maximum Gasteiger partial charge on any atom is 0.165 e. The number of hydrogen-bond acceptors (Lipinski definition) is 3. The van der Waals surface area contributed by atoms with Crippen molar-refractivity contribution < 1.29 is 9.47 Å². The molecule has 0 aromatic heterocycles. The van der Waals surface area contributed by atoms with E-state index in [0.717, 1.165) is 37.6 Å². The number of rotatable bonds is 13. The minimum Gasteiger partial charge on any atom is -0.493 e. The third-order valence-corrected chi connectivity index (χ3v) is 3.80. The van der Waals surface area contributed by atoms with Crippen LogP contribution in [0.3, 0.4) is 0 Å². The predicted octanol–water partition coefficient (Wildman–Crippen LogP) is 4.93. The van der Waals surface area contributed by atoms with Crippen LogP contribution in [0.1, 0.15) is 64.4 Å². The first-order valence-corrected chi connectivity index (χ1v) is 8.82. The zero-order valence-corrected chi connectivity index (χ0v) is 14.6. The molecule has 22 heavy (non-hydrogen) atoms. The van der Waals surface area contributed by atoms with Gasteiger partial charge in [0.05, 0.1) is 13.7 Å². The van der Waals surface area contributed by atoms with Crippen LogP contribution in [0.15, 0.2) is 18.2 Å². The molecule has 1 aromatic carbocycles. The van der Waals surface area contributed by atoms with Gasteiger partial charge in [0, 0.05) is 12.1 Å². The Hall–Kier alpha value is -1.22. The summed E-state index contributed by atoms with van der Waals surface area (Å²) in [7, 11) is 1.71. The van der Waals surface area contributed by atoms with Crippen molar-refractivity contribution in [2.45, 2.75) is 65.3 Å². The number of para-hydroxylation sites is 1. The maximum atomic E-state index is 6.03. The first-order valence-electron chi connectivity index (χ1n) is 8.82. The average Bonchev–Trinajstić information content (AvgIpc) is 2.55. The molecule has 3 heteroatoms. The molecule has 0 spiro atoms. The monoisotopic (exact) mass is 307 g/mol. The van der Waals surface area contributed by atoms with Crippen LogP contribution in [0.5, 0.6) is 11.5 Å². The number of benzene rings is 1. The fourth-order valence-corrected chi connectivity index (χ4v) is 2.43. The Balaban J connectivity index is 2.49. The molecule has 0 aliphatic rings. The van der Waals surface area contributed by atoms with Crippen molar-refractivity contribution in [1.29, 1.82) is 0 Å². The van der Waals surface area contributed by atoms with Crippen LogP contribution < -0.4 is 14.8 Å². The Bertz CT molecular complexity index is 393. The molecule has 0 aliphatic carbocycles. The fourth-order valence-electron chi connectivity index (χ4n) is 2.43. The summed E-state index contributed by atoms with van der Waals surface area (Å²) in [5.74, 6) is 1.74. The number of hydrogen-bond donors (Lipinski definition) is 1. The number of nitrogens with one attached hydrogen (secondary N) is 1. The van der Waals surface area contributed by atoms with Crippen molar-refractivity contribution in [3.05, 3.63) is 23.8 Å². The average molecular weight is 307 g/mol. The molecule has 0 unspecified atom stereocenters. The maximum absolute atomic E-state index is 6.03. The molecule has 0 fully saturated rings. The van der Waals surface area contributed by atoms with Crippen LogP contribution in [-0.2, 0) is 6.54 Å². The van der Waals surface area contributed by atoms with Gasteiger partial charge in [-0.2, -0.15) is 0 Å². The van der Waals surface area contributed by atoms with E-state index < -0.39 is 0 Å². The topological polar surface area (TPSA) is 30.5 Å². The molecule has 1 N–H and O–H groups in total. The first kappa shape index (κ1) is 18.8. The van der Waals surface area contributed by atoms with Gasteiger partial charge in [-0.3, -0.25) is 0 Å². The molecule has 0 amide bonds. The van der Waals surface area contributed by atoms with Crippen LogP contribution >= 0.6 is 0 Å². The van der Waals surface area contributed by atoms with E-state index in [1.54, 1.807) is 7.11 Å². The molecular weight excluding hydrogens is 274 g/mol. The molecular formula is C19H33NO2. The second-order valence-electron chi connectivity index (χ2n) is 5.74. The summed E-state index contributed by atoms with van der Waals surface area (Å²) < 4.78 is 11.5. The van der Waals surface area contributed by atoms with Crippen molar-refractivity contribution >= 4 is 0 Å². The van der Waals surface area contributed by atoms with Crippen molar-refractivity contribution in [2.24, 2.45) is 0 Å². The summed E-state index contributed by atoms with van der Waals surface area (Å²) in [5, 5.41) is 3.48. The van der Waals surface area contributed by atoms with Gasteiger partial charge in [-0.15, -0.1) is 0 Å². The van der Waals surface area contributed by atoms with Gasteiger partial charge in [-0.1, -0.05) is 58.1 Å². The summed E-state index contributed by atoms with van der Waals surface area (Å²) in [6.07, 6.45) is 8.68. The molecule has 0 atom stereocenters. The van der Waals surface area contributed by atoms with Crippen molar-refractivity contribution in [3.8, 4) is 11.5 Å².